The highest BCUT2D eigenvalue weighted by Gasteiger charge is 2.17. The number of pyridine rings is 1. The fourth-order valence-electron chi connectivity index (χ4n) is 6.19. The number of fused-ring (bicyclic) bond motifs is 5. The van der Waals surface area contributed by atoms with E-state index < -0.39 is 0 Å². The third kappa shape index (κ3) is 3.60. The van der Waals surface area contributed by atoms with E-state index in [0.29, 0.717) is 0 Å². The van der Waals surface area contributed by atoms with E-state index in [-0.39, 0.29) is 0 Å². The van der Waals surface area contributed by atoms with Crippen molar-refractivity contribution in [1.82, 2.24) is 4.98 Å². The van der Waals surface area contributed by atoms with Crippen LogP contribution in [0.4, 0.5) is 0 Å². The molecule has 1 heteroatoms. The lowest BCUT2D eigenvalue weighted by Crippen LogP contribution is -1.92. The normalized spacial score (nSPS) is 11.5. The van der Waals surface area contributed by atoms with Gasteiger partial charge in [-0.05, 0) is 61.3 Å². The minimum absolute atomic E-state index is 0.985. The molecule has 0 saturated carbocycles. The van der Waals surface area contributed by atoms with Gasteiger partial charge in [0.05, 0.1) is 11.2 Å². The Labute approximate surface area is 233 Å². The van der Waals surface area contributed by atoms with E-state index in [4.69, 9.17) is 4.98 Å². The van der Waals surface area contributed by atoms with E-state index >= 15 is 0 Å². The first-order valence-electron chi connectivity index (χ1n) is 13.7. The molecule has 0 unspecified atom stereocenters. The summed E-state index contributed by atoms with van der Waals surface area (Å²) in [5, 5.41) is 8.57. The highest BCUT2D eigenvalue weighted by Crippen LogP contribution is 2.44. The number of hydrogen-bond acceptors (Lipinski definition) is 1. The predicted molar refractivity (Wildman–Crippen MR) is 171 cm³/mol. The summed E-state index contributed by atoms with van der Waals surface area (Å²) in [7, 11) is 0. The van der Waals surface area contributed by atoms with Gasteiger partial charge < -0.3 is 0 Å². The monoisotopic (exact) mass is 507 g/mol. The predicted octanol–water partition coefficient (Wildman–Crippen LogP) is 10.7. The second-order valence-corrected chi connectivity index (χ2v) is 10.3. The first-order valence-corrected chi connectivity index (χ1v) is 13.7. The molecule has 8 aromatic rings. The van der Waals surface area contributed by atoms with Crippen molar-refractivity contribution in [1.29, 1.82) is 0 Å². The van der Waals surface area contributed by atoms with E-state index in [1.54, 1.807) is 0 Å². The standard InChI is InChI=1S/C39H25N/c1-3-12-27(13-4-1)37-32-17-9-10-18-33(32)38(28-14-5-2-6-15-28)35-25-30(21-23-34(35)37)36-24-22-29-20-19-26-11-7-8-16-31(26)39(29)40-36/h1-25H. The Morgan fingerprint density at radius 1 is 0.325 bits per heavy atom. The molecule has 0 fully saturated rings. The summed E-state index contributed by atoms with van der Waals surface area (Å²) in [4.78, 5) is 5.23. The van der Waals surface area contributed by atoms with Crippen molar-refractivity contribution in [3.05, 3.63) is 152 Å². The molecule has 1 aromatic heterocycles. The summed E-state index contributed by atoms with van der Waals surface area (Å²) < 4.78 is 0. The Morgan fingerprint density at radius 2 is 0.850 bits per heavy atom. The van der Waals surface area contributed by atoms with Crippen molar-refractivity contribution >= 4 is 43.2 Å². The summed E-state index contributed by atoms with van der Waals surface area (Å²) in [5.41, 5.74) is 8.13. The van der Waals surface area contributed by atoms with Crippen LogP contribution >= 0.6 is 0 Å². The van der Waals surface area contributed by atoms with Crippen molar-refractivity contribution in [2.24, 2.45) is 0 Å². The molecule has 0 bridgehead atoms. The topological polar surface area (TPSA) is 12.9 Å². The van der Waals surface area contributed by atoms with Gasteiger partial charge in [-0.2, -0.15) is 0 Å². The molecule has 0 radical (unpaired) electrons. The van der Waals surface area contributed by atoms with Crippen molar-refractivity contribution in [3.63, 3.8) is 0 Å². The Hall–Kier alpha value is -5.27. The largest absolute Gasteiger partial charge is 0.247 e. The van der Waals surface area contributed by atoms with Crippen LogP contribution in [0.25, 0.3) is 76.7 Å². The molecule has 0 amide bonds. The van der Waals surface area contributed by atoms with Crippen molar-refractivity contribution in [2.75, 3.05) is 0 Å². The Bertz CT molecular complexity index is 2200. The number of hydrogen-bond donors (Lipinski definition) is 0. The SMILES string of the molecule is c1ccc(-c2c3ccccc3c(-c3ccccc3)c3cc(-c4ccc5ccc6ccccc6c5n4)ccc23)cc1. The molecular formula is C39H25N. The zero-order chi connectivity index (χ0) is 26.5. The lowest BCUT2D eigenvalue weighted by Gasteiger charge is -2.18. The van der Waals surface area contributed by atoms with Crippen LogP contribution in [0.2, 0.25) is 0 Å². The molecule has 0 aliphatic rings. The maximum Gasteiger partial charge on any atom is 0.0787 e. The van der Waals surface area contributed by atoms with Crippen LogP contribution in [0.5, 0.6) is 0 Å². The molecular weight excluding hydrogens is 482 g/mol. The molecule has 0 aliphatic heterocycles. The summed E-state index contributed by atoms with van der Waals surface area (Å²) in [6.45, 7) is 0. The molecule has 40 heavy (non-hydrogen) atoms. The molecule has 8 rings (SSSR count). The van der Waals surface area contributed by atoms with Crippen LogP contribution in [-0.4, -0.2) is 4.98 Å². The minimum Gasteiger partial charge on any atom is -0.247 e. The van der Waals surface area contributed by atoms with Gasteiger partial charge in [-0.1, -0.05) is 140 Å². The molecule has 0 aliphatic carbocycles. The number of aromatic nitrogens is 1. The van der Waals surface area contributed by atoms with E-state index in [9.17, 15) is 0 Å². The number of benzene rings is 7. The molecule has 0 N–H and O–H groups in total. The molecule has 0 atom stereocenters. The van der Waals surface area contributed by atoms with Crippen LogP contribution in [-0.2, 0) is 0 Å². The van der Waals surface area contributed by atoms with Crippen LogP contribution < -0.4 is 0 Å². The lowest BCUT2D eigenvalue weighted by atomic mass is 9.85. The van der Waals surface area contributed by atoms with E-state index in [1.165, 1.54) is 54.6 Å². The maximum atomic E-state index is 5.23. The Kier molecular flexibility index (Phi) is 5.21. The average molecular weight is 508 g/mol. The van der Waals surface area contributed by atoms with Gasteiger partial charge in [0.15, 0.2) is 0 Å². The van der Waals surface area contributed by atoms with E-state index in [1.807, 2.05) is 0 Å². The minimum atomic E-state index is 0.985. The molecule has 0 saturated heterocycles. The van der Waals surface area contributed by atoms with Crippen LogP contribution in [0.15, 0.2) is 152 Å². The van der Waals surface area contributed by atoms with Gasteiger partial charge in [-0.25, -0.2) is 4.98 Å². The van der Waals surface area contributed by atoms with E-state index in [2.05, 4.69) is 152 Å². The zero-order valence-electron chi connectivity index (χ0n) is 21.9. The number of rotatable bonds is 3. The lowest BCUT2D eigenvalue weighted by molar-refractivity contribution is 1.42. The van der Waals surface area contributed by atoms with E-state index in [0.717, 1.165) is 22.2 Å². The summed E-state index contributed by atoms with van der Waals surface area (Å²) in [6, 6.07) is 54.4. The van der Waals surface area contributed by atoms with Crippen LogP contribution in [0.1, 0.15) is 0 Å². The van der Waals surface area contributed by atoms with Gasteiger partial charge in [0.1, 0.15) is 0 Å². The third-order valence-corrected chi connectivity index (χ3v) is 8.03. The number of nitrogens with zero attached hydrogens (tertiary/aromatic N) is 1. The molecule has 1 heterocycles. The highest BCUT2D eigenvalue weighted by molar-refractivity contribution is 6.22. The quantitative estimate of drug-likeness (QED) is 0.171. The zero-order valence-corrected chi connectivity index (χ0v) is 21.9. The van der Waals surface area contributed by atoms with Crippen molar-refractivity contribution < 1.29 is 0 Å². The smallest absolute Gasteiger partial charge is 0.0787 e. The van der Waals surface area contributed by atoms with Gasteiger partial charge in [0.25, 0.3) is 0 Å². The van der Waals surface area contributed by atoms with Gasteiger partial charge in [-0.15, -0.1) is 0 Å². The third-order valence-electron chi connectivity index (χ3n) is 8.03. The van der Waals surface area contributed by atoms with Gasteiger partial charge in [0, 0.05) is 16.3 Å². The second-order valence-electron chi connectivity index (χ2n) is 10.3. The fourth-order valence-corrected chi connectivity index (χ4v) is 6.19. The van der Waals surface area contributed by atoms with Crippen molar-refractivity contribution in [3.8, 4) is 33.5 Å². The second kappa shape index (κ2) is 9.18. The van der Waals surface area contributed by atoms with Crippen LogP contribution in [0, 0.1) is 0 Å². The van der Waals surface area contributed by atoms with Gasteiger partial charge in [0.2, 0.25) is 0 Å². The molecule has 186 valence electrons. The maximum absolute atomic E-state index is 5.23. The molecule has 0 spiro atoms. The first-order chi connectivity index (χ1) is 19.8. The average Bonchev–Trinajstić information content (AvgIpc) is 3.04. The fraction of sp³-hybridized carbons (Fsp3) is 0. The van der Waals surface area contributed by atoms with Crippen molar-refractivity contribution in [2.45, 2.75) is 0 Å². The summed E-state index contributed by atoms with van der Waals surface area (Å²) in [6.07, 6.45) is 0. The summed E-state index contributed by atoms with van der Waals surface area (Å²) >= 11 is 0. The molecule has 1 nitrogen and oxygen atoms in total. The summed E-state index contributed by atoms with van der Waals surface area (Å²) in [5.74, 6) is 0. The first kappa shape index (κ1) is 22.7. The van der Waals surface area contributed by atoms with Gasteiger partial charge >= 0.3 is 0 Å². The van der Waals surface area contributed by atoms with Crippen LogP contribution in [0.3, 0.4) is 0 Å². The molecule has 7 aromatic carbocycles. The Balaban J connectivity index is 1.47. The van der Waals surface area contributed by atoms with Gasteiger partial charge in [-0.3, -0.25) is 0 Å². The highest BCUT2D eigenvalue weighted by atomic mass is 14.7. The Morgan fingerprint density at radius 3 is 1.55 bits per heavy atom.